The van der Waals surface area contributed by atoms with Gasteiger partial charge in [0, 0.05) is 18.7 Å². The van der Waals surface area contributed by atoms with Crippen LogP contribution in [0.15, 0.2) is 4.99 Å². The second kappa shape index (κ2) is 3.17. The largest absolute Gasteiger partial charge is 0.285 e. The molecule has 0 amide bonds. The smallest absolute Gasteiger partial charge is 0.0984 e. The third kappa shape index (κ3) is 2.07. The molecule has 2 heteroatoms. The maximum absolute atomic E-state index is 4.46. The molecule has 0 saturated heterocycles. The molecular formula is C10H20N2. The van der Waals surface area contributed by atoms with Crippen molar-refractivity contribution in [2.75, 3.05) is 13.6 Å². The van der Waals surface area contributed by atoms with Gasteiger partial charge in [0.1, 0.15) is 0 Å². The number of hydrogen-bond acceptors (Lipinski definition) is 2. The Balaban J connectivity index is 2.67. The third-order valence-electron chi connectivity index (χ3n) is 2.72. The maximum Gasteiger partial charge on any atom is 0.0984 e. The minimum absolute atomic E-state index is 0.345. The lowest BCUT2D eigenvalue weighted by Gasteiger charge is -2.36. The topological polar surface area (TPSA) is 15.6 Å². The molecule has 0 aromatic heterocycles. The predicted octanol–water partition coefficient (Wildman–Crippen LogP) is 2.01. The first kappa shape index (κ1) is 9.72. The van der Waals surface area contributed by atoms with Gasteiger partial charge < -0.3 is 0 Å². The Hall–Kier alpha value is -0.370. The molecule has 0 aliphatic carbocycles. The van der Waals surface area contributed by atoms with Gasteiger partial charge in [-0.3, -0.25) is 9.89 Å². The van der Waals surface area contributed by atoms with Crippen molar-refractivity contribution in [3.05, 3.63) is 0 Å². The number of rotatable bonds is 0. The fourth-order valence-corrected chi connectivity index (χ4v) is 1.35. The van der Waals surface area contributed by atoms with Crippen LogP contribution >= 0.6 is 0 Å². The van der Waals surface area contributed by atoms with Gasteiger partial charge in [-0.2, -0.15) is 0 Å². The van der Waals surface area contributed by atoms with E-state index in [9.17, 15) is 0 Å². The quantitative estimate of drug-likeness (QED) is 0.540. The van der Waals surface area contributed by atoms with Crippen LogP contribution in [0.5, 0.6) is 0 Å². The van der Waals surface area contributed by atoms with Crippen LogP contribution in [-0.4, -0.2) is 30.9 Å². The van der Waals surface area contributed by atoms with Crippen LogP contribution in [0.25, 0.3) is 0 Å². The molecule has 0 spiro atoms. The predicted molar refractivity (Wildman–Crippen MR) is 53.5 cm³/mol. The average molecular weight is 168 g/mol. The van der Waals surface area contributed by atoms with E-state index in [1.165, 1.54) is 0 Å². The van der Waals surface area contributed by atoms with Gasteiger partial charge in [0.25, 0.3) is 0 Å². The highest BCUT2D eigenvalue weighted by molar-refractivity contribution is 5.63. The molecule has 1 aliphatic rings. The Kier molecular flexibility index (Phi) is 2.57. The van der Waals surface area contributed by atoms with E-state index in [0.717, 1.165) is 6.54 Å². The summed E-state index contributed by atoms with van der Waals surface area (Å²) in [6, 6.07) is 0. The molecule has 1 aliphatic heterocycles. The molecule has 1 heterocycles. The molecule has 70 valence electrons. The van der Waals surface area contributed by atoms with Crippen LogP contribution in [0.3, 0.4) is 0 Å². The van der Waals surface area contributed by atoms with Crippen molar-refractivity contribution >= 4 is 6.21 Å². The highest BCUT2D eigenvalue weighted by Gasteiger charge is 2.28. The monoisotopic (exact) mass is 168 g/mol. The van der Waals surface area contributed by atoms with Crippen molar-refractivity contribution in [2.45, 2.75) is 33.9 Å². The normalized spacial score (nSPS) is 32.4. The molecule has 1 rings (SSSR count). The van der Waals surface area contributed by atoms with E-state index in [2.05, 4.69) is 50.8 Å². The highest BCUT2D eigenvalue weighted by atomic mass is 15.2. The summed E-state index contributed by atoms with van der Waals surface area (Å²) in [5, 5.41) is 0. The SMILES string of the molecule is CC1N=CC(C(C)(C)C)CN1C. The molecule has 0 N–H and O–H groups in total. The first-order valence-electron chi connectivity index (χ1n) is 4.65. The van der Waals surface area contributed by atoms with E-state index in [1.54, 1.807) is 0 Å². The third-order valence-corrected chi connectivity index (χ3v) is 2.72. The summed E-state index contributed by atoms with van der Waals surface area (Å²) in [6.45, 7) is 10.1. The van der Waals surface area contributed by atoms with E-state index >= 15 is 0 Å². The second-order valence-corrected chi connectivity index (χ2v) is 4.84. The Bertz CT molecular complexity index is 179. The fraction of sp³-hybridized carbons (Fsp3) is 0.900. The standard InChI is InChI=1S/C10H20N2/c1-8-11-6-9(7-12(8)5)10(2,3)4/h6,8-9H,7H2,1-5H3. The lowest BCUT2D eigenvalue weighted by molar-refractivity contribution is 0.173. The van der Waals surface area contributed by atoms with Crippen molar-refractivity contribution in [1.29, 1.82) is 0 Å². The van der Waals surface area contributed by atoms with Crippen LogP contribution in [0.1, 0.15) is 27.7 Å². The van der Waals surface area contributed by atoms with Crippen molar-refractivity contribution < 1.29 is 0 Å². The zero-order valence-corrected chi connectivity index (χ0v) is 8.83. The Morgan fingerprint density at radius 3 is 2.42 bits per heavy atom. The van der Waals surface area contributed by atoms with Gasteiger partial charge in [-0.25, -0.2) is 0 Å². The summed E-state index contributed by atoms with van der Waals surface area (Å²) in [5.41, 5.74) is 0.345. The molecular weight excluding hydrogens is 148 g/mol. The summed E-state index contributed by atoms with van der Waals surface area (Å²) in [5.74, 6) is 0.596. The van der Waals surface area contributed by atoms with E-state index in [0.29, 0.717) is 17.5 Å². The molecule has 0 bridgehead atoms. The zero-order valence-electron chi connectivity index (χ0n) is 8.83. The van der Waals surface area contributed by atoms with E-state index in [1.807, 2.05) is 0 Å². The van der Waals surface area contributed by atoms with Crippen LogP contribution in [0, 0.1) is 11.3 Å². The molecule has 2 unspecified atom stereocenters. The van der Waals surface area contributed by atoms with Crippen LogP contribution < -0.4 is 0 Å². The van der Waals surface area contributed by atoms with E-state index in [4.69, 9.17) is 0 Å². The zero-order chi connectivity index (χ0) is 9.35. The van der Waals surface area contributed by atoms with Gasteiger partial charge >= 0.3 is 0 Å². The molecule has 0 aromatic carbocycles. The van der Waals surface area contributed by atoms with Crippen LogP contribution in [0.2, 0.25) is 0 Å². The molecule has 0 saturated carbocycles. The van der Waals surface area contributed by atoms with Crippen molar-refractivity contribution in [2.24, 2.45) is 16.3 Å². The van der Waals surface area contributed by atoms with E-state index in [-0.39, 0.29) is 0 Å². The minimum Gasteiger partial charge on any atom is -0.285 e. The molecule has 2 nitrogen and oxygen atoms in total. The van der Waals surface area contributed by atoms with Crippen LogP contribution in [-0.2, 0) is 0 Å². The van der Waals surface area contributed by atoms with E-state index < -0.39 is 0 Å². The summed E-state index contributed by atoms with van der Waals surface area (Å²) >= 11 is 0. The summed E-state index contributed by atoms with van der Waals surface area (Å²) < 4.78 is 0. The van der Waals surface area contributed by atoms with Gasteiger partial charge in [0.2, 0.25) is 0 Å². The minimum atomic E-state index is 0.345. The van der Waals surface area contributed by atoms with Gasteiger partial charge in [-0.1, -0.05) is 20.8 Å². The first-order chi connectivity index (χ1) is 5.41. The lowest BCUT2D eigenvalue weighted by Crippen LogP contribution is -2.42. The Morgan fingerprint density at radius 2 is 2.00 bits per heavy atom. The summed E-state index contributed by atoms with van der Waals surface area (Å²) in [6.07, 6.45) is 2.49. The Morgan fingerprint density at radius 1 is 1.42 bits per heavy atom. The second-order valence-electron chi connectivity index (χ2n) is 4.84. The van der Waals surface area contributed by atoms with Gasteiger partial charge in [0.05, 0.1) is 6.17 Å². The molecule has 0 fully saturated rings. The Labute approximate surface area is 75.7 Å². The lowest BCUT2D eigenvalue weighted by atomic mass is 9.80. The van der Waals surface area contributed by atoms with Gasteiger partial charge in [-0.05, 0) is 19.4 Å². The molecule has 0 radical (unpaired) electrons. The van der Waals surface area contributed by atoms with Crippen molar-refractivity contribution in [3.8, 4) is 0 Å². The van der Waals surface area contributed by atoms with Gasteiger partial charge in [-0.15, -0.1) is 0 Å². The summed E-state index contributed by atoms with van der Waals surface area (Å²) in [4.78, 5) is 6.76. The number of nitrogens with zero attached hydrogens (tertiary/aromatic N) is 2. The van der Waals surface area contributed by atoms with Gasteiger partial charge in [0.15, 0.2) is 0 Å². The number of hydrogen-bond donors (Lipinski definition) is 0. The fourth-order valence-electron chi connectivity index (χ4n) is 1.35. The highest BCUT2D eigenvalue weighted by Crippen LogP contribution is 2.27. The van der Waals surface area contributed by atoms with Crippen molar-refractivity contribution in [3.63, 3.8) is 0 Å². The number of aliphatic imine (C=N–C) groups is 1. The van der Waals surface area contributed by atoms with Crippen LogP contribution in [0.4, 0.5) is 0 Å². The molecule has 2 atom stereocenters. The maximum atomic E-state index is 4.46. The van der Waals surface area contributed by atoms with Crippen molar-refractivity contribution in [1.82, 2.24) is 4.90 Å². The first-order valence-corrected chi connectivity index (χ1v) is 4.65. The molecule has 12 heavy (non-hydrogen) atoms. The molecule has 0 aromatic rings. The summed E-state index contributed by atoms with van der Waals surface area (Å²) in [7, 11) is 2.14. The average Bonchev–Trinajstić information content (AvgIpc) is 1.92.